The molecule has 0 aliphatic heterocycles. The summed E-state index contributed by atoms with van der Waals surface area (Å²) >= 11 is 4.57. The highest BCUT2D eigenvalue weighted by Crippen LogP contribution is 2.31. The minimum absolute atomic E-state index is 0.0680. The third-order valence-corrected chi connectivity index (χ3v) is 2.78. The lowest BCUT2D eigenvalue weighted by atomic mass is 10.1. The molecule has 2 rings (SSSR count). The predicted molar refractivity (Wildman–Crippen MR) is 82.6 cm³/mol. The summed E-state index contributed by atoms with van der Waals surface area (Å²) in [4.78, 5) is 7.40. The van der Waals surface area contributed by atoms with Crippen molar-refractivity contribution in [3.63, 3.8) is 0 Å². The van der Waals surface area contributed by atoms with E-state index in [-0.39, 0.29) is 16.8 Å². The van der Waals surface area contributed by atoms with E-state index < -0.39 is 11.9 Å². The minimum atomic E-state index is -4.63. The van der Waals surface area contributed by atoms with Crippen molar-refractivity contribution in [3.8, 4) is 17.0 Å². The molecule has 0 radical (unpaired) electrons. The number of benzene rings is 1. The van der Waals surface area contributed by atoms with Crippen molar-refractivity contribution in [2.24, 2.45) is 5.73 Å². The highest BCUT2D eigenvalue weighted by atomic mass is 32.1. The zero-order valence-corrected chi connectivity index (χ0v) is 12.6. The second-order valence-corrected chi connectivity index (χ2v) is 4.75. The Morgan fingerprint density at radius 3 is 2.61 bits per heavy atom. The first-order valence-corrected chi connectivity index (χ1v) is 6.62. The van der Waals surface area contributed by atoms with Crippen molar-refractivity contribution >= 4 is 23.3 Å². The Morgan fingerprint density at radius 2 is 2.00 bits per heavy atom. The molecular formula is C13H12F3N5OS. The smallest absolute Gasteiger partial charge is 0.433 e. The lowest BCUT2D eigenvalue weighted by Crippen LogP contribution is -2.35. The van der Waals surface area contributed by atoms with Crippen LogP contribution in [0.15, 0.2) is 30.3 Å². The average Bonchev–Trinajstić information content (AvgIpc) is 2.52. The van der Waals surface area contributed by atoms with Gasteiger partial charge in [0.15, 0.2) is 10.8 Å². The van der Waals surface area contributed by atoms with Crippen LogP contribution < -0.4 is 21.3 Å². The average molecular weight is 343 g/mol. The Morgan fingerprint density at radius 1 is 1.26 bits per heavy atom. The fourth-order valence-electron chi connectivity index (χ4n) is 1.70. The molecule has 1 aromatic heterocycles. The molecule has 0 amide bonds. The number of halogens is 3. The van der Waals surface area contributed by atoms with Crippen molar-refractivity contribution in [2.75, 3.05) is 12.5 Å². The quantitative estimate of drug-likeness (QED) is 0.580. The molecule has 0 saturated carbocycles. The maximum absolute atomic E-state index is 13.0. The zero-order chi connectivity index (χ0) is 17.0. The number of hydrazine groups is 1. The molecule has 0 aliphatic rings. The Bertz CT molecular complexity index is 723. The summed E-state index contributed by atoms with van der Waals surface area (Å²) < 4.78 is 44.0. The second-order valence-electron chi connectivity index (χ2n) is 4.31. The number of nitrogens with two attached hydrogens (primary N) is 1. The number of hydrogen-bond acceptors (Lipinski definition) is 5. The van der Waals surface area contributed by atoms with Gasteiger partial charge in [-0.15, -0.1) is 0 Å². The van der Waals surface area contributed by atoms with Crippen molar-refractivity contribution in [2.45, 2.75) is 6.18 Å². The maximum Gasteiger partial charge on any atom is 0.433 e. The monoisotopic (exact) mass is 343 g/mol. The van der Waals surface area contributed by atoms with Crippen LogP contribution >= 0.6 is 12.2 Å². The number of nitrogens with one attached hydrogen (secondary N) is 2. The van der Waals surface area contributed by atoms with Gasteiger partial charge in [0.25, 0.3) is 0 Å². The fourth-order valence-corrected chi connectivity index (χ4v) is 1.75. The summed E-state index contributed by atoms with van der Waals surface area (Å²) in [6, 6.07) is 7.33. The van der Waals surface area contributed by atoms with E-state index >= 15 is 0 Å². The van der Waals surface area contributed by atoms with Crippen LogP contribution in [0.3, 0.4) is 0 Å². The molecule has 1 heterocycles. The van der Waals surface area contributed by atoms with Gasteiger partial charge in [-0.25, -0.2) is 9.97 Å². The van der Waals surface area contributed by atoms with Crippen LogP contribution in [0.5, 0.6) is 5.75 Å². The zero-order valence-electron chi connectivity index (χ0n) is 11.8. The first-order valence-electron chi connectivity index (χ1n) is 6.22. The second kappa shape index (κ2) is 6.65. The third-order valence-electron chi connectivity index (χ3n) is 2.68. The van der Waals surface area contributed by atoms with Gasteiger partial charge in [0, 0.05) is 5.56 Å². The molecule has 4 N–H and O–H groups in total. The predicted octanol–water partition coefficient (Wildman–Crippen LogP) is 2.33. The highest BCUT2D eigenvalue weighted by Gasteiger charge is 2.33. The number of alkyl halides is 3. The topological polar surface area (TPSA) is 85.1 Å². The molecule has 2 aromatic rings. The van der Waals surface area contributed by atoms with E-state index in [2.05, 4.69) is 33.0 Å². The summed E-state index contributed by atoms with van der Waals surface area (Å²) in [5.74, 6) is 0.177. The number of anilines is 1. The number of aromatic nitrogens is 2. The van der Waals surface area contributed by atoms with Crippen LogP contribution in [0.4, 0.5) is 19.1 Å². The van der Waals surface area contributed by atoms with E-state index in [1.165, 1.54) is 7.11 Å². The molecule has 0 atom stereocenters. The van der Waals surface area contributed by atoms with Crippen molar-refractivity contribution in [1.82, 2.24) is 15.4 Å². The van der Waals surface area contributed by atoms with Gasteiger partial charge in [0.05, 0.1) is 12.8 Å². The van der Waals surface area contributed by atoms with Gasteiger partial charge in [-0.05, 0) is 30.4 Å². The number of methoxy groups -OCH3 is 1. The normalized spacial score (nSPS) is 11.0. The van der Waals surface area contributed by atoms with Crippen molar-refractivity contribution in [3.05, 3.63) is 36.0 Å². The number of ether oxygens (including phenoxy) is 1. The van der Waals surface area contributed by atoms with E-state index in [4.69, 9.17) is 10.5 Å². The van der Waals surface area contributed by atoms with E-state index in [9.17, 15) is 13.2 Å². The van der Waals surface area contributed by atoms with E-state index in [0.717, 1.165) is 6.07 Å². The maximum atomic E-state index is 13.0. The lowest BCUT2D eigenvalue weighted by molar-refractivity contribution is -0.141. The first kappa shape index (κ1) is 16.7. The molecule has 122 valence electrons. The standard InChI is InChI=1S/C13H12F3N5OS/c1-22-8-4-2-3-7(5-8)9-6-10(13(14,15)16)19-12(18-9)21-20-11(17)23/h2-6H,1H3,(H3,17,20,23)(H,18,19,21). The molecule has 0 unspecified atom stereocenters. The van der Waals surface area contributed by atoms with Gasteiger partial charge in [-0.3, -0.25) is 10.9 Å². The first-order chi connectivity index (χ1) is 10.8. The summed E-state index contributed by atoms with van der Waals surface area (Å²) in [5, 5.41) is -0.158. The number of thiocarbonyl (C=S) groups is 1. The van der Waals surface area contributed by atoms with Gasteiger partial charge in [0.1, 0.15) is 5.75 Å². The van der Waals surface area contributed by atoms with Crippen molar-refractivity contribution < 1.29 is 17.9 Å². The molecule has 6 nitrogen and oxygen atoms in total. The van der Waals surface area contributed by atoms with Gasteiger partial charge >= 0.3 is 6.18 Å². The number of nitrogens with zero attached hydrogens (tertiary/aromatic N) is 2. The van der Waals surface area contributed by atoms with Gasteiger partial charge in [-0.1, -0.05) is 12.1 Å². The lowest BCUT2D eigenvalue weighted by Gasteiger charge is -2.12. The number of rotatable bonds is 4. The van der Waals surface area contributed by atoms with Crippen LogP contribution in [-0.4, -0.2) is 22.2 Å². The molecule has 0 bridgehead atoms. The minimum Gasteiger partial charge on any atom is -0.497 e. The van der Waals surface area contributed by atoms with E-state index in [1.54, 1.807) is 24.3 Å². The van der Waals surface area contributed by atoms with Crippen LogP contribution in [-0.2, 0) is 6.18 Å². The van der Waals surface area contributed by atoms with Crippen molar-refractivity contribution in [1.29, 1.82) is 0 Å². The molecule has 23 heavy (non-hydrogen) atoms. The van der Waals surface area contributed by atoms with Gasteiger partial charge < -0.3 is 10.5 Å². The van der Waals surface area contributed by atoms with E-state index in [1.807, 2.05) is 0 Å². The summed E-state index contributed by atoms with van der Waals surface area (Å²) in [5.41, 5.74) is 9.23. The Balaban J connectivity index is 2.48. The molecule has 0 spiro atoms. The summed E-state index contributed by atoms with van der Waals surface area (Å²) in [6.45, 7) is 0. The number of hydrogen-bond donors (Lipinski definition) is 3. The van der Waals surface area contributed by atoms with Crippen LogP contribution in [0.1, 0.15) is 5.69 Å². The molecule has 0 fully saturated rings. The molecule has 10 heteroatoms. The molecule has 0 saturated heterocycles. The van der Waals surface area contributed by atoms with Crippen LogP contribution in [0, 0.1) is 0 Å². The van der Waals surface area contributed by atoms with Gasteiger partial charge in [-0.2, -0.15) is 13.2 Å². The van der Waals surface area contributed by atoms with E-state index in [0.29, 0.717) is 11.3 Å². The fraction of sp³-hybridized carbons (Fsp3) is 0.154. The Hall–Kier alpha value is -2.62. The molecular weight excluding hydrogens is 331 g/mol. The van der Waals surface area contributed by atoms with Crippen LogP contribution in [0.2, 0.25) is 0 Å². The molecule has 0 aliphatic carbocycles. The summed E-state index contributed by atoms with van der Waals surface area (Å²) in [6.07, 6.45) is -4.63. The Labute approximate surface area is 134 Å². The SMILES string of the molecule is COc1cccc(-c2cc(C(F)(F)F)nc(NNC(N)=S)n2)c1. The van der Waals surface area contributed by atoms with Gasteiger partial charge in [0.2, 0.25) is 5.95 Å². The summed E-state index contributed by atoms with van der Waals surface area (Å²) in [7, 11) is 1.46. The largest absolute Gasteiger partial charge is 0.497 e. The third kappa shape index (κ3) is 4.42. The Kier molecular flexibility index (Phi) is 4.84. The highest BCUT2D eigenvalue weighted by molar-refractivity contribution is 7.80. The molecule has 1 aromatic carbocycles. The van der Waals surface area contributed by atoms with Crippen LogP contribution in [0.25, 0.3) is 11.3 Å².